The molecule has 33 heavy (non-hydrogen) atoms. The molecule has 2 saturated heterocycles. The van der Waals surface area contributed by atoms with Gasteiger partial charge in [0.15, 0.2) is 0 Å². The van der Waals surface area contributed by atoms with E-state index in [1.165, 1.54) is 22.5 Å². The molecular formula is C28H36N4O. The minimum absolute atomic E-state index is 0.756. The van der Waals surface area contributed by atoms with Crippen molar-refractivity contribution in [3.8, 4) is 0 Å². The van der Waals surface area contributed by atoms with Gasteiger partial charge in [0.2, 0.25) is 0 Å². The lowest BCUT2D eigenvalue weighted by molar-refractivity contribution is 0.0678. The van der Waals surface area contributed by atoms with Crippen LogP contribution in [-0.4, -0.2) is 55.0 Å². The maximum atomic E-state index is 5.56. The SMILES string of the molecule is C=C(CC)c1cccc(C(/N=C(\C)N2CCOCC2)=C2\CCN(C3=CNCC=C3)\C2=C\C)c1. The maximum absolute atomic E-state index is 5.56. The second-order valence-electron chi connectivity index (χ2n) is 8.58. The Morgan fingerprint density at radius 3 is 2.70 bits per heavy atom. The number of morpholine rings is 1. The molecule has 0 spiro atoms. The zero-order valence-electron chi connectivity index (χ0n) is 20.2. The Kier molecular flexibility index (Phi) is 7.50. The van der Waals surface area contributed by atoms with Gasteiger partial charge in [0.25, 0.3) is 0 Å². The highest BCUT2D eigenvalue weighted by Crippen LogP contribution is 2.38. The van der Waals surface area contributed by atoms with E-state index < -0.39 is 0 Å². The molecule has 0 unspecified atom stereocenters. The summed E-state index contributed by atoms with van der Waals surface area (Å²) >= 11 is 0. The van der Waals surface area contributed by atoms with Crippen LogP contribution in [0.2, 0.25) is 0 Å². The van der Waals surface area contributed by atoms with Crippen LogP contribution < -0.4 is 5.32 Å². The normalized spacial score (nSPS) is 21.8. The number of dihydropyridines is 1. The molecule has 4 rings (SSSR count). The second kappa shape index (κ2) is 10.7. The number of hydrogen-bond donors (Lipinski definition) is 1. The van der Waals surface area contributed by atoms with Gasteiger partial charge in [-0.2, -0.15) is 0 Å². The molecule has 3 aliphatic rings. The first-order valence-corrected chi connectivity index (χ1v) is 12.1. The van der Waals surface area contributed by atoms with Crippen molar-refractivity contribution in [3.05, 3.63) is 83.4 Å². The Labute approximate surface area is 198 Å². The predicted octanol–water partition coefficient (Wildman–Crippen LogP) is 5.18. The van der Waals surface area contributed by atoms with E-state index in [-0.39, 0.29) is 0 Å². The molecule has 3 aliphatic heterocycles. The second-order valence-corrected chi connectivity index (χ2v) is 8.58. The Morgan fingerprint density at radius 1 is 1.21 bits per heavy atom. The van der Waals surface area contributed by atoms with Crippen LogP contribution in [0.1, 0.15) is 44.7 Å². The number of nitrogens with one attached hydrogen (secondary N) is 1. The van der Waals surface area contributed by atoms with Gasteiger partial charge in [-0.1, -0.05) is 43.9 Å². The van der Waals surface area contributed by atoms with E-state index in [1.807, 2.05) is 0 Å². The van der Waals surface area contributed by atoms with Crippen molar-refractivity contribution >= 4 is 17.1 Å². The van der Waals surface area contributed by atoms with Crippen LogP contribution in [0.5, 0.6) is 0 Å². The van der Waals surface area contributed by atoms with Crippen molar-refractivity contribution in [1.82, 2.24) is 15.1 Å². The third-order valence-corrected chi connectivity index (χ3v) is 6.54. The van der Waals surface area contributed by atoms with E-state index in [1.54, 1.807) is 0 Å². The number of hydrogen-bond acceptors (Lipinski definition) is 4. The molecule has 0 aromatic heterocycles. The summed E-state index contributed by atoms with van der Waals surface area (Å²) in [6.45, 7) is 15.8. The highest BCUT2D eigenvalue weighted by molar-refractivity contribution is 5.88. The molecule has 0 atom stereocenters. The monoisotopic (exact) mass is 444 g/mol. The molecule has 2 fully saturated rings. The molecule has 1 aromatic rings. The molecule has 0 radical (unpaired) electrons. The van der Waals surface area contributed by atoms with E-state index in [0.29, 0.717) is 0 Å². The lowest BCUT2D eigenvalue weighted by atomic mass is 9.98. The highest BCUT2D eigenvalue weighted by atomic mass is 16.5. The first kappa shape index (κ1) is 23.1. The molecule has 5 heteroatoms. The third-order valence-electron chi connectivity index (χ3n) is 6.54. The Balaban J connectivity index is 1.80. The molecule has 0 bridgehead atoms. The summed E-state index contributed by atoms with van der Waals surface area (Å²) in [6.07, 6.45) is 10.6. The standard InChI is InChI=1S/C28H36N4O/c1-5-21(3)23-9-7-10-24(19-23)28(30-22(4)31-15-17-33-18-16-31)26-12-14-32(27(26)6-2)25-11-8-13-29-20-25/h6-11,19-20,29H,3,5,12-18H2,1-2,4H3/b27-6+,28-26-,30-22+. The van der Waals surface area contributed by atoms with Gasteiger partial charge in [-0.05, 0) is 50.0 Å². The molecule has 0 aliphatic carbocycles. The number of rotatable bonds is 5. The van der Waals surface area contributed by atoms with Crippen molar-refractivity contribution in [2.45, 2.75) is 33.6 Å². The minimum atomic E-state index is 0.756. The lowest BCUT2D eigenvalue weighted by Crippen LogP contribution is -2.39. The summed E-state index contributed by atoms with van der Waals surface area (Å²) in [5.41, 5.74) is 8.29. The number of allylic oxidation sites excluding steroid dienone is 4. The molecular weight excluding hydrogens is 408 g/mol. The smallest absolute Gasteiger partial charge is 0.102 e. The van der Waals surface area contributed by atoms with Gasteiger partial charge in [0.1, 0.15) is 5.84 Å². The highest BCUT2D eigenvalue weighted by Gasteiger charge is 2.28. The van der Waals surface area contributed by atoms with Crippen molar-refractivity contribution < 1.29 is 4.74 Å². The van der Waals surface area contributed by atoms with Gasteiger partial charge in [-0.3, -0.25) is 0 Å². The fourth-order valence-corrected chi connectivity index (χ4v) is 4.62. The van der Waals surface area contributed by atoms with E-state index >= 15 is 0 Å². The lowest BCUT2D eigenvalue weighted by Gasteiger charge is -2.29. The molecule has 0 amide bonds. The summed E-state index contributed by atoms with van der Waals surface area (Å²) in [7, 11) is 0. The molecule has 0 saturated carbocycles. The number of benzene rings is 1. The summed E-state index contributed by atoms with van der Waals surface area (Å²) in [4.78, 5) is 10.00. The number of aliphatic imine (C=N–C) groups is 1. The summed E-state index contributed by atoms with van der Waals surface area (Å²) < 4.78 is 5.56. The van der Waals surface area contributed by atoms with Crippen LogP contribution in [0.25, 0.3) is 11.3 Å². The van der Waals surface area contributed by atoms with Crippen molar-refractivity contribution in [2.24, 2.45) is 4.99 Å². The van der Waals surface area contributed by atoms with Gasteiger partial charge in [-0.25, -0.2) is 4.99 Å². The summed E-state index contributed by atoms with van der Waals surface area (Å²) in [6, 6.07) is 8.71. The van der Waals surface area contributed by atoms with Gasteiger partial charge >= 0.3 is 0 Å². The average Bonchev–Trinajstić information content (AvgIpc) is 3.31. The van der Waals surface area contributed by atoms with Gasteiger partial charge < -0.3 is 19.9 Å². The number of nitrogens with zero attached hydrogens (tertiary/aromatic N) is 3. The first-order chi connectivity index (χ1) is 16.1. The zero-order chi connectivity index (χ0) is 23.2. The van der Waals surface area contributed by atoms with E-state index in [2.05, 4.69) is 91.2 Å². The first-order valence-electron chi connectivity index (χ1n) is 12.1. The van der Waals surface area contributed by atoms with Crippen LogP contribution in [0.15, 0.2) is 77.2 Å². The minimum Gasteiger partial charge on any atom is -0.386 e. The average molecular weight is 445 g/mol. The van der Waals surface area contributed by atoms with Gasteiger partial charge in [0.05, 0.1) is 24.6 Å². The van der Waals surface area contributed by atoms with Crippen molar-refractivity contribution in [3.63, 3.8) is 0 Å². The molecule has 3 heterocycles. The Hall–Kier alpha value is -3.05. The fraction of sp³-hybridized carbons (Fsp3) is 0.393. The topological polar surface area (TPSA) is 40.1 Å². The predicted molar refractivity (Wildman–Crippen MR) is 138 cm³/mol. The number of likely N-dealkylation sites (tertiary alicyclic amines) is 1. The maximum Gasteiger partial charge on any atom is 0.102 e. The largest absolute Gasteiger partial charge is 0.386 e. The van der Waals surface area contributed by atoms with Crippen LogP contribution in [0.4, 0.5) is 0 Å². The van der Waals surface area contributed by atoms with Crippen molar-refractivity contribution in [1.29, 1.82) is 0 Å². The Morgan fingerprint density at radius 2 is 2.00 bits per heavy atom. The van der Waals surface area contributed by atoms with Crippen molar-refractivity contribution in [2.75, 3.05) is 39.4 Å². The number of amidine groups is 1. The van der Waals surface area contributed by atoms with Gasteiger partial charge in [-0.15, -0.1) is 0 Å². The van der Waals surface area contributed by atoms with Crippen LogP contribution in [0.3, 0.4) is 0 Å². The fourth-order valence-electron chi connectivity index (χ4n) is 4.62. The van der Waals surface area contributed by atoms with Crippen LogP contribution in [0, 0.1) is 0 Å². The molecule has 1 aromatic carbocycles. The zero-order valence-corrected chi connectivity index (χ0v) is 20.2. The van der Waals surface area contributed by atoms with Gasteiger partial charge in [0, 0.05) is 49.2 Å². The Bertz CT molecular complexity index is 1040. The summed E-state index contributed by atoms with van der Waals surface area (Å²) in [5, 5.41) is 3.34. The molecule has 174 valence electrons. The molecule has 1 N–H and O–H groups in total. The van der Waals surface area contributed by atoms with E-state index in [9.17, 15) is 0 Å². The van der Waals surface area contributed by atoms with Crippen LogP contribution >= 0.6 is 0 Å². The summed E-state index contributed by atoms with van der Waals surface area (Å²) in [5.74, 6) is 1.05. The third kappa shape index (κ3) is 5.14. The van der Waals surface area contributed by atoms with E-state index in [0.717, 1.165) is 74.9 Å². The van der Waals surface area contributed by atoms with Crippen LogP contribution in [-0.2, 0) is 4.74 Å². The quantitative estimate of drug-likeness (QED) is 0.502. The molecule has 5 nitrogen and oxygen atoms in total. The number of ether oxygens (including phenoxy) is 1. The van der Waals surface area contributed by atoms with E-state index in [4.69, 9.17) is 9.73 Å².